The van der Waals surface area contributed by atoms with Crippen molar-refractivity contribution in [3.63, 3.8) is 0 Å². The second-order valence-corrected chi connectivity index (χ2v) is 11.8. The zero-order valence-electron chi connectivity index (χ0n) is 23.9. The maximum atomic E-state index is 2.45. The van der Waals surface area contributed by atoms with Crippen LogP contribution in [0.1, 0.15) is 25.0 Å². The molecule has 0 unspecified atom stereocenters. The standard InChI is InChI=1S/C41H31N/c1-41(2)36-17-9-8-16-35(36)40-38(26-22-31-15-10-18-37(41)39(31)40)42(34-25-21-29-13-6-7-14-32(29)27-34)33-23-19-30(20-24-33)28-11-4-3-5-12-28/h3-27H,1-2H3. The molecule has 1 aliphatic carbocycles. The maximum Gasteiger partial charge on any atom is 0.0546 e. The van der Waals surface area contributed by atoms with Gasteiger partial charge in [0.2, 0.25) is 0 Å². The number of nitrogens with zero attached hydrogens (tertiary/aromatic N) is 1. The molecule has 0 aliphatic heterocycles. The van der Waals surface area contributed by atoms with Gasteiger partial charge in [-0.15, -0.1) is 0 Å². The van der Waals surface area contributed by atoms with Gasteiger partial charge in [-0.05, 0) is 79.7 Å². The third kappa shape index (κ3) is 3.78. The van der Waals surface area contributed by atoms with Crippen LogP contribution in [0.4, 0.5) is 17.1 Å². The third-order valence-corrected chi connectivity index (χ3v) is 9.03. The van der Waals surface area contributed by atoms with Crippen molar-refractivity contribution in [3.8, 4) is 22.3 Å². The predicted octanol–water partition coefficient (Wildman–Crippen LogP) is 11.4. The lowest BCUT2D eigenvalue weighted by Gasteiger charge is -2.38. The molecule has 1 nitrogen and oxygen atoms in total. The van der Waals surface area contributed by atoms with Gasteiger partial charge in [0.25, 0.3) is 0 Å². The molecule has 200 valence electrons. The molecule has 7 aromatic rings. The number of fused-ring (bicyclic) bond motifs is 3. The Morgan fingerprint density at radius 1 is 0.452 bits per heavy atom. The Morgan fingerprint density at radius 3 is 1.90 bits per heavy atom. The summed E-state index contributed by atoms with van der Waals surface area (Å²) in [6.45, 7) is 4.72. The van der Waals surface area contributed by atoms with E-state index in [9.17, 15) is 0 Å². The molecule has 0 amide bonds. The Hall–Kier alpha value is -5.14. The molecule has 42 heavy (non-hydrogen) atoms. The van der Waals surface area contributed by atoms with Crippen molar-refractivity contribution in [2.24, 2.45) is 0 Å². The van der Waals surface area contributed by atoms with Gasteiger partial charge in [-0.1, -0.05) is 135 Å². The van der Waals surface area contributed by atoms with Crippen molar-refractivity contribution in [1.29, 1.82) is 0 Å². The van der Waals surface area contributed by atoms with E-state index < -0.39 is 0 Å². The summed E-state index contributed by atoms with van der Waals surface area (Å²) in [7, 11) is 0. The summed E-state index contributed by atoms with van der Waals surface area (Å²) in [5, 5.41) is 5.12. The Kier molecular flexibility index (Phi) is 5.55. The molecule has 1 aliphatic rings. The third-order valence-electron chi connectivity index (χ3n) is 9.03. The number of rotatable bonds is 4. The SMILES string of the molecule is CC1(C)c2ccccc2-c2c(N(c3ccc(-c4ccccc4)cc3)c3ccc4ccccc4c3)ccc3cccc1c23. The highest BCUT2D eigenvalue weighted by atomic mass is 15.1. The lowest BCUT2D eigenvalue weighted by molar-refractivity contribution is 0.645. The highest BCUT2D eigenvalue weighted by Gasteiger charge is 2.35. The van der Waals surface area contributed by atoms with Crippen LogP contribution in [-0.2, 0) is 5.41 Å². The van der Waals surface area contributed by atoms with E-state index >= 15 is 0 Å². The summed E-state index contributed by atoms with van der Waals surface area (Å²) in [5.41, 5.74) is 11.2. The van der Waals surface area contributed by atoms with Crippen LogP contribution in [0.3, 0.4) is 0 Å². The minimum atomic E-state index is -0.0904. The van der Waals surface area contributed by atoms with Gasteiger partial charge in [0.1, 0.15) is 0 Å². The van der Waals surface area contributed by atoms with Crippen molar-refractivity contribution in [1.82, 2.24) is 0 Å². The average Bonchev–Trinajstić information content (AvgIpc) is 3.05. The smallest absolute Gasteiger partial charge is 0.0546 e. The monoisotopic (exact) mass is 537 g/mol. The molecule has 0 heterocycles. The molecule has 0 bridgehead atoms. The molecular weight excluding hydrogens is 506 g/mol. The van der Waals surface area contributed by atoms with Crippen molar-refractivity contribution in [3.05, 3.63) is 163 Å². The van der Waals surface area contributed by atoms with Gasteiger partial charge in [-0.25, -0.2) is 0 Å². The molecule has 7 aromatic carbocycles. The summed E-state index contributed by atoms with van der Waals surface area (Å²) >= 11 is 0. The summed E-state index contributed by atoms with van der Waals surface area (Å²) in [5.74, 6) is 0. The average molecular weight is 538 g/mol. The number of hydrogen-bond donors (Lipinski definition) is 0. The first-order valence-corrected chi connectivity index (χ1v) is 14.7. The normalized spacial score (nSPS) is 13.2. The van der Waals surface area contributed by atoms with Gasteiger partial charge in [0, 0.05) is 22.4 Å². The van der Waals surface area contributed by atoms with Crippen LogP contribution in [0.15, 0.2) is 152 Å². The van der Waals surface area contributed by atoms with E-state index in [1.54, 1.807) is 0 Å². The predicted molar refractivity (Wildman–Crippen MR) is 179 cm³/mol. The fraction of sp³-hybridized carbons (Fsp3) is 0.0732. The van der Waals surface area contributed by atoms with E-state index in [1.807, 2.05) is 0 Å². The Bertz CT molecular complexity index is 2100. The quantitative estimate of drug-likeness (QED) is 0.216. The fourth-order valence-corrected chi connectivity index (χ4v) is 6.92. The molecule has 1 heteroatoms. The molecule has 0 fully saturated rings. The van der Waals surface area contributed by atoms with Gasteiger partial charge in [-0.2, -0.15) is 0 Å². The van der Waals surface area contributed by atoms with Crippen LogP contribution < -0.4 is 4.90 Å². The first-order chi connectivity index (χ1) is 20.6. The summed E-state index contributed by atoms with van der Waals surface area (Å²) in [6.07, 6.45) is 0. The molecule has 0 atom stereocenters. The first-order valence-electron chi connectivity index (χ1n) is 14.7. The van der Waals surface area contributed by atoms with Crippen LogP contribution in [0.2, 0.25) is 0 Å². The second kappa shape index (κ2) is 9.46. The van der Waals surface area contributed by atoms with Crippen LogP contribution in [0.25, 0.3) is 43.8 Å². The van der Waals surface area contributed by atoms with Gasteiger partial charge >= 0.3 is 0 Å². The van der Waals surface area contributed by atoms with Crippen molar-refractivity contribution >= 4 is 38.6 Å². The number of anilines is 3. The molecule has 0 spiro atoms. The fourth-order valence-electron chi connectivity index (χ4n) is 6.92. The molecule has 0 saturated carbocycles. The second-order valence-electron chi connectivity index (χ2n) is 11.8. The molecule has 0 radical (unpaired) electrons. The lowest BCUT2D eigenvalue weighted by Crippen LogP contribution is -2.24. The molecule has 8 rings (SSSR count). The summed E-state index contributed by atoms with van der Waals surface area (Å²) in [4.78, 5) is 2.45. The lowest BCUT2D eigenvalue weighted by atomic mass is 9.68. The Labute approximate surface area is 247 Å². The molecular formula is C41H31N. The highest BCUT2D eigenvalue weighted by Crippen LogP contribution is 2.53. The Balaban J connectivity index is 1.42. The number of hydrogen-bond acceptors (Lipinski definition) is 1. The van der Waals surface area contributed by atoms with Gasteiger partial charge < -0.3 is 4.90 Å². The van der Waals surface area contributed by atoms with E-state index in [0.717, 1.165) is 11.4 Å². The highest BCUT2D eigenvalue weighted by molar-refractivity contribution is 6.10. The van der Waals surface area contributed by atoms with E-state index in [0.29, 0.717) is 0 Å². The van der Waals surface area contributed by atoms with E-state index in [2.05, 4.69) is 170 Å². The summed E-state index contributed by atoms with van der Waals surface area (Å²) in [6, 6.07) is 55.4. The van der Waals surface area contributed by atoms with Crippen molar-refractivity contribution < 1.29 is 0 Å². The van der Waals surface area contributed by atoms with Gasteiger partial charge in [0.05, 0.1) is 5.69 Å². The minimum Gasteiger partial charge on any atom is -0.310 e. The van der Waals surface area contributed by atoms with E-state index in [1.165, 1.54) is 60.6 Å². The van der Waals surface area contributed by atoms with Crippen LogP contribution in [0.5, 0.6) is 0 Å². The van der Waals surface area contributed by atoms with Crippen molar-refractivity contribution in [2.45, 2.75) is 19.3 Å². The molecule has 0 aromatic heterocycles. The molecule has 0 N–H and O–H groups in total. The molecule has 0 saturated heterocycles. The van der Waals surface area contributed by atoms with Crippen molar-refractivity contribution in [2.75, 3.05) is 4.90 Å². The van der Waals surface area contributed by atoms with Crippen LogP contribution in [0, 0.1) is 0 Å². The number of benzene rings is 7. The zero-order chi connectivity index (χ0) is 28.3. The van der Waals surface area contributed by atoms with Crippen LogP contribution >= 0.6 is 0 Å². The first kappa shape index (κ1) is 24.6. The van der Waals surface area contributed by atoms with Gasteiger partial charge in [0.15, 0.2) is 0 Å². The zero-order valence-corrected chi connectivity index (χ0v) is 23.9. The Morgan fingerprint density at radius 2 is 1.07 bits per heavy atom. The largest absolute Gasteiger partial charge is 0.310 e. The summed E-state index contributed by atoms with van der Waals surface area (Å²) < 4.78 is 0. The van der Waals surface area contributed by atoms with E-state index in [-0.39, 0.29) is 5.41 Å². The maximum absolute atomic E-state index is 2.45. The topological polar surface area (TPSA) is 3.24 Å². The van der Waals surface area contributed by atoms with E-state index in [4.69, 9.17) is 0 Å². The minimum absolute atomic E-state index is 0.0904. The van der Waals surface area contributed by atoms with Crippen LogP contribution in [-0.4, -0.2) is 0 Å². The van der Waals surface area contributed by atoms with Gasteiger partial charge in [-0.3, -0.25) is 0 Å².